The molecule has 0 bridgehead atoms. The van der Waals surface area contributed by atoms with Gasteiger partial charge in [0.1, 0.15) is 6.34 Å². The molecule has 5 heteroatoms. The zero-order valence-corrected chi connectivity index (χ0v) is 4.57. The zero-order valence-electron chi connectivity index (χ0n) is 4.57. The molecule has 1 aliphatic heterocycles. The van der Waals surface area contributed by atoms with Gasteiger partial charge in [0, 0.05) is 6.20 Å². The van der Waals surface area contributed by atoms with Gasteiger partial charge in [-0.1, -0.05) is 0 Å². The van der Waals surface area contributed by atoms with Crippen molar-refractivity contribution in [2.75, 3.05) is 0 Å². The van der Waals surface area contributed by atoms with E-state index in [1.807, 2.05) is 0 Å². The average molecular weight is 123 g/mol. The lowest BCUT2D eigenvalue weighted by molar-refractivity contribution is 0.280. The topological polar surface area (TPSA) is 63.5 Å². The molecule has 0 aromatic heterocycles. The molecule has 46 valence electrons. The maximum absolute atomic E-state index is 8.10. The van der Waals surface area contributed by atoms with Gasteiger partial charge in [-0.15, -0.1) is 0 Å². The van der Waals surface area contributed by atoms with Crippen molar-refractivity contribution in [1.82, 2.24) is 16.0 Å². The van der Waals surface area contributed by atoms with E-state index in [2.05, 4.69) is 15.8 Å². The van der Waals surface area contributed by atoms with Crippen LogP contribution in [0, 0.1) is 11.5 Å². The summed E-state index contributed by atoms with van der Waals surface area (Å²) in [4.78, 5) is 3.70. The van der Waals surface area contributed by atoms with E-state index in [9.17, 15) is 0 Å². The number of hydrogen-bond donors (Lipinski definition) is 2. The fraction of sp³-hybridized carbons (Fsp3) is 0. The molecular weight excluding hydrogens is 118 g/mol. The van der Waals surface area contributed by atoms with Crippen molar-refractivity contribution in [2.24, 2.45) is 4.99 Å². The van der Waals surface area contributed by atoms with Gasteiger partial charge in [0.15, 0.2) is 6.19 Å². The van der Waals surface area contributed by atoms with E-state index in [0.29, 0.717) is 0 Å². The first kappa shape index (κ1) is 5.44. The Morgan fingerprint density at radius 3 is 3.22 bits per heavy atom. The number of nitrogens with one attached hydrogen (secondary N) is 2. The van der Waals surface area contributed by atoms with Crippen LogP contribution in [0.4, 0.5) is 0 Å². The molecule has 0 amide bonds. The lowest BCUT2D eigenvalue weighted by Crippen LogP contribution is -2.41. The Hall–Kier alpha value is -1.70. The molecule has 0 unspecified atom stereocenters. The molecule has 0 atom stereocenters. The van der Waals surface area contributed by atoms with Crippen molar-refractivity contribution < 1.29 is 0 Å². The van der Waals surface area contributed by atoms with Crippen molar-refractivity contribution in [3.05, 3.63) is 12.4 Å². The van der Waals surface area contributed by atoms with Crippen LogP contribution < -0.4 is 10.9 Å². The van der Waals surface area contributed by atoms with E-state index in [4.69, 9.17) is 5.26 Å². The van der Waals surface area contributed by atoms with E-state index in [1.54, 1.807) is 18.6 Å². The molecule has 0 saturated carbocycles. The molecule has 0 fully saturated rings. The Morgan fingerprint density at radius 1 is 1.78 bits per heavy atom. The number of hydrogen-bond acceptors (Lipinski definition) is 5. The Kier molecular flexibility index (Phi) is 1.55. The van der Waals surface area contributed by atoms with Crippen molar-refractivity contribution in [2.45, 2.75) is 0 Å². The molecular formula is C4H5N5. The lowest BCUT2D eigenvalue weighted by Gasteiger charge is -2.17. The lowest BCUT2D eigenvalue weighted by atomic mass is 10.8. The van der Waals surface area contributed by atoms with Gasteiger partial charge in [-0.25, -0.2) is 10.4 Å². The summed E-state index contributed by atoms with van der Waals surface area (Å²) in [6.07, 6.45) is 6.34. The fourth-order valence-corrected chi connectivity index (χ4v) is 0.410. The maximum Gasteiger partial charge on any atom is 0.198 e. The smallest absolute Gasteiger partial charge is 0.198 e. The predicted octanol–water partition coefficient (Wildman–Crippen LogP) is -0.708. The number of nitrogens with zero attached hydrogens (tertiary/aromatic N) is 3. The van der Waals surface area contributed by atoms with Crippen LogP contribution in [0.5, 0.6) is 0 Å². The van der Waals surface area contributed by atoms with Crippen LogP contribution in [0.1, 0.15) is 0 Å². The molecule has 1 aliphatic rings. The summed E-state index contributed by atoms with van der Waals surface area (Å²) in [5.41, 5.74) is 4.98. The van der Waals surface area contributed by atoms with Crippen LogP contribution in [0.2, 0.25) is 0 Å². The number of nitriles is 1. The third-order valence-electron chi connectivity index (χ3n) is 0.744. The van der Waals surface area contributed by atoms with Gasteiger partial charge >= 0.3 is 0 Å². The molecule has 0 aliphatic carbocycles. The highest BCUT2D eigenvalue weighted by Gasteiger charge is 1.92. The normalized spacial score (nSPS) is 14.3. The quantitative estimate of drug-likeness (QED) is 0.357. The second-order valence-electron chi connectivity index (χ2n) is 1.30. The maximum atomic E-state index is 8.10. The number of rotatable bonds is 1. The van der Waals surface area contributed by atoms with E-state index in [1.165, 1.54) is 11.5 Å². The van der Waals surface area contributed by atoms with Crippen molar-refractivity contribution in [3.8, 4) is 6.19 Å². The van der Waals surface area contributed by atoms with Crippen molar-refractivity contribution in [3.63, 3.8) is 0 Å². The molecule has 1 heterocycles. The van der Waals surface area contributed by atoms with Gasteiger partial charge in [0.05, 0.1) is 6.20 Å². The van der Waals surface area contributed by atoms with Crippen LogP contribution in [0.3, 0.4) is 0 Å². The summed E-state index contributed by atoms with van der Waals surface area (Å²) in [6, 6.07) is 0. The van der Waals surface area contributed by atoms with E-state index >= 15 is 0 Å². The predicted molar refractivity (Wildman–Crippen MR) is 31.4 cm³/mol. The first-order valence-corrected chi connectivity index (χ1v) is 2.32. The standard InChI is InChI=1S/C4H5N5/c5-3-7-9-2-1-6-4-8-9/h1-2,4,7H,(H,6,8). The second kappa shape index (κ2) is 2.57. The molecule has 9 heavy (non-hydrogen) atoms. The van der Waals surface area contributed by atoms with Crippen LogP contribution in [-0.2, 0) is 0 Å². The third kappa shape index (κ3) is 1.35. The van der Waals surface area contributed by atoms with Crippen LogP contribution in [-0.4, -0.2) is 11.5 Å². The van der Waals surface area contributed by atoms with Gasteiger partial charge < -0.3 is 0 Å². The highest BCUT2D eigenvalue weighted by atomic mass is 15.7. The summed E-state index contributed by atoms with van der Waals surface area (Å²) in [5, 5.41) is 9.48. The zero-order chi connectivity index (χ0) is 6.53. The summed E-state index contributed by atoms with van der Waals surface area (Å²) in [7, 11) is 0. The highest BCUT2D eigenvalue weighted by molar-refractivity contribution is 5.55. The Balaban J connectivity index is 2.39. The minimum Gasteiger partial charge on any atom is -0.269 e. The summed E-state index contributed by atoms with van der Waals surface area (Å²) in [6.45, 7) is 0. The average Bonchev–Trinajstić information content (AvgIpc) is 1.91. The highest BCUT2D eigenvalue weighted by Crippen LogP contribution is 1.82. The first-order valence-electron chi connectivity index (χ1n) is 2.32. The molecule has 0 spiro atoms. The van der Waals surface area contributed by atoms with Gasteiger partial charge in [-0.3, -0.25) is 5.43 Å². The van der Waals surface area contributed by atoms with Crippen LogP contribution in [0.25, 0.3) is 0 Å². The summed E-state index contributed by atoms with van der Waals surface area (Å²) < 4.78 is 0. The molecule has 1 rings (SSSR count). The molecule has 0 aromatic carbocycles. The SMILES string of the molecule is N#CNN1C=CN=CN1. The Labute approximate surface area is 52.2 Å². The van der Waals surface area contributed by atoms with Gasteiger partial charge in [-0.2, -0.15) is 10.4 Å². The monoisotopic (exact) mass is 123 g/mol. The van der Waals surface area contributed by atoms with Crippen LogP contribution >= 0.6 is 0 Å². The molecule has 0 saturated heterocycles. The molecule has 0 radical (unpaired) electrons. The van der Waals surface area contributed by atoms with E-state index < -0.39 is 0 Å². The summed E-state index contributed by atoms with van der Waals surface area (Å²) in [5.74, 6) is 0. The van der Waals surface area contributed by atoms with Gasteiger partial charge in [-0.05, 0) is 0 Å². The largest absolute Gasteiger partial charge is 0.269 e. The van der Waals surface area contributed by atoms with Gasteiger partial charge in [0.25, 0.3) is 0 Å². The fourth-order valence-electron chi connectivity index (χ4n) is 0.410. The Morgan fingerprint density at radius 2 is 2.67 bits per heavy atom. The minimum atomic E-state index is 1.38. The van der Waals surface area contributed by atoms with E-state index in [-0.39, 0.29) is 0 Å². The molecule has 0 aromatic rings. The van der Waals surface area contributed by atoms with E-state index in [0.717, 1.165) is 0 Å². The second-order valence-corrected chi connectivity index (χ2v) is 1.30. The third-order valence-corrected chi connectivity index (χ3v) is 0.744. The van der Waals surface area contributed by atoms with Crippen molar-refractivity contribution in [1.29, 1.82) is 5.26 Å². The molecule has 5 nitrogen and oxygen atoms in total. The molecule has 2 N–H and O–H groups in total. The van der Waals surface area contributed by atoms with Crippen LogP contribution in [0.15, 0.2) is 17.4 Å². The number of aliphatic imine (C=N–C) groups is 1. The summed E-state index contributed by atoms with van der Waals surface area (Å²) >= 11 is 0. The minimum absolute atomic E-state index is 1.38. The Bertz CT molecular complexity index is 176. The van der Waals surface area contributed by atoms with Gasteiger partial charge in [0.2, 0.25) is 0 Å². The van der Waals surface area contributed by atoms with Crippen molar-refractivity contribution >= 4 is 6.34 Å². The number of hydrazine groups is 2. The first-order chi connectivity index (χ1) is 4.43.